The standard InChI is InChI=1S/C25H24ClN7O2/c1-16-5-6-18(22(35)12-17-3-2-4-19(26)11-17)13-21(16)28-23-29-24(32-9-7-20(34)14-32)31-25(30-23)33-10-8-27-15-33/h2-6,8,10-11,13,15,20,34H,7,9,12,14H2,1H3,(H,28,29,30,31)/t20-/m0/s1. The number of aliphatic hydroxyl groups excluding tert-OH is 1. The van der Waals surface area contributed by atoms with Crippen LogP contribution in [0.15, 0.2) is 61.2 Å². The molecule has 4 aromatic rings. The number of carbonyl (C=O) groups excluding carboxylic acids is 1. The van der Waals surface area contributed by atoms with Crippen molar-refractivity contribution in [1.82, 2.24) is 24.5 Å². The van der Waals surface area contributed by atoms with Crippen LogP contribution in [0.3, 0.4) is 0 Å². The van der Waals surface area contributed by atoms with E-state index in [0.29, 0.717) is 47.9 Å². The SMILES string of the molecule is Cc1ccc(C(=O)Cc2cccc(Cl)c2)cc1Nc1nc(N2CC[C@H](O)C2)nc(-n2ccnc2)n1. The van der Waals surface area contributed by atoms with E-state index in [9.17, 15) is 9.90 Å². The number of ketones is 1. The van der Waals surface area contributed by atoms with Crippen molar-refractivity contribution in [2.45, 2.75) is 25.9 Å². The number of nitrogens with one attached hydrogen (secondary N) is 1. The summed E-state index contributed by atoms with van der Waals surface area (Å²) in [6.07, 6.45) is 5.51. The van der Waals surface area contributed by atoms with Crippen LogP contribution in [-0.2, 0) is 6.42 Å². The Hall–Kier alpha value is -3.82. The number of hydrogen-bond acceptors (Lipinski definition) is 8. The Kier molecular flexibility index (Phi) is 6.43. The van der Waals surface area contributed by atoms with E-state index in [4.69, 9.17) is 11.6 Å². The summed E-state index contributed by atoms with van der Waals surface area (Å²) in [5.41, 5.74) is 3.09. The highest BCUT2D eigenvalue weighted by atomic mass is 35.5. The number of hydrogen-bond donors (Lipinski definition) is 2. The van der Waals surface area contributed by atoms with Crippen molar-refractivity contribution in [2.24, 2.45) is 0 Å². The fourth-order valence-corrected chi connectivity index (χ4v) is 4.17. The van der Waals surface area contributed by atoms with E-state index in [1.165, 1.54) is 0 Å². The fraction of sp³-hybridized carbons (Fsp3) is 0.240. The second-order valence-electron chi connectivity index (χ2n) is 8.50. The molecule has 9 nitrogen and oxygen atoms in total. The average molecular weight is 490 g/mol. The molecular formula is C25H24ClN7O2. The van der Waals surface area contributed by atoms with E-state index < -0.39 is 6.10 Å². The van der Waals surface area contributed by atoms with Crippen LogP contribution in [0.5, 0.6) is 0 Å². The van der Waals surface area contributed by atoms with Gasteiger partial charge < -0.3 is 15.3 Å². The third-order valence-corrected chi connectivity index (χ3v) is 6.09. The number of rotatable bonds is 7. The summed E-state index contributed by atoms with van der Waals surface area (Å²) >= 11 is 6.06. The lowest BCUT2D eigenvalue weighted by atomic mass is 10.0. The summed E-state index contributed by atoms with van der Waals surface area (Å²) in [6, 6.07) is 12.8. The Labute approximate surface area is 207 Å². The van der Waals surface area contributed by atoms with E-state index in [-0.39, 0.29) is 12.2 Å². The summed E-state index contributed by atoms with van der Waals surface area (Å²) in [7, 11) is 0. The van der Waals surface area contributed by atoms with Gasteiger partial charge in [-0.3, -0.25) is 9.36 Å². The number of imidazole rings is 1. The predicted octanol–water partition coefficient (Wildman–Crippen LogP) is 3.76. The van der Waals surface area contributed by atoms with Crippen LogP contribution in [0.1, 0.15) is 27.9 Å². The Balaban J connectivity index is 1.44. The molecule has 3 heterocycles. The maximum Gasteiger partial charge on any atom is 0.241 e. The molecule has 0 bridgehead atoms. The molecule has 2 aromatic heterocycles. The lowest BCUT2D eigenvalue weighted by Crippen LogP contribution is -2.24. The molecular weight excluding hydrogens is 466 g/mol. The van der Waals surface area contributed by atoms with Crippen LogP contribution in [-0.4, -0.2) is 54.6 Å². The Morgan fingerprint density at radius 2 is 2.03 bits per heavy atom. The van der Waals surface area contributed by atoms with E-state index in [1.807, 2.05) is 42.2 Å². The number of aliphatic hydroxyl groups is 1. The molecule has 1 aliphatic heterocycles. The number of anilines is 3. The van der Waals surface area contributed by atoms with Crippen LogP contribution < -0.4 is 10.2 Å². The van der Waals surface area contributed by atoms with Crippen LogP contribution >= 0.6 is 11.6 Å². The van der Waals surface area contributed by atoms with Crippen LogP contribution in [0, 0.1) is 6.92 Å². The van der Waals surface area contributed by atoms with Gasteiger partial charge in [0, 0.05) is 48.2 Å². The lowest BCUT2D eigenvalue weighted by Gasteiger charge is -2.18. The summed E-state index contributed by atoms with van der Waals surface area (Å²) < 4.78 is 1.70. The maximum atomic E-state index is 13.0. The monoisotopic (exact) mass is 489 g/mol. The summed E-state index contributed by atoms with van der Waals surface area (Å²) in [6.45, 7) is 3.06. The predicted molar refractivity (Wildman–Crippen MR) is 134 cm³/mol. The number of halogens is 1. The van der Waals surface area contributed by atoms with Crippen molar-refractivity contribution < 1.29 is 9.90 Å². The van der Waals surface area contributed by atoms with Crippen molar-refractivity contribution in [3.8, 4) is 5.95 Å². The van der Waals surface area contributed by atoms with Crippen LogP contribution in [0.25, 0.3) is 5.95 Å². The topological polar surface area (TPSA) is 109 Å². The number of aryl methyl sites for hydroxylation is 1. The number of benzene rings is 2. The number of β-amino-alcohol motifs (C(OH)–C–C–N with tert-alkyl or cyclic N) is 1. The molecule has 2 N–H and O–H groups in total. The van der Waals surface area contributed by atoms with Gasteiger partial charge in [-0.2, -0.15) is 15.0 Å². The van der Waals surface area contributed by atoms with Crippen molar-refractivity contribution in [3.05, 3.63) is 82.9 Å². The molecule has 0 aliphatic carbocycles. The van der Waals surface area contributed by atoms with Gasteiger partial charge in [0.2, 0.25) is 17.8 Å². The van der Waals surface area contributed by atoms with Crippen molar-refractivity contribution in [3.63, 3.8) is 0 Å². The number of carbonyl (C=O) groups is 1. The minimum atomic E-state index is -0.413. The van der Waals surface area contributed by atoms with Gasteiger partial charge in [0.15, 0.2) is 5.78 Å². The van der Waals surface area contributed by atoms with Crippen molar-refractivity contribution in [2.75, 3.05) is 23.3 Å². The Morgan fingerprint density at radius 1 is 1.17 bits per heavy atom. The zero-order chi connectivity index (χ0) is 24.4. The maximum absolute atomic E-state index is 13.0. The van der Waals surface area contributed by atoms with Crippen molar-refractivity contribution in [1.29, 1.82) is 0 Å². The van der Waals surface area contributed by atoms with Crippen molar-refractivity contribution >= 4 is 35.0 Å². The minimum absolute atomic E-state index is 0.0168. The third kappa shape index (κ3) is 5.31. The first-order chi connectivity index (χ1) is 16.9. The molecule has 35 heavy (non-hydrogen) atoms. The molecule has 2 aromatic carbocycles. The van der Waals surface area contributed by atoms with Gasteiger partial charge in [0.25, 0.3) is 0 Å². The van der Waals surface area contributed by atoms with E-state index in [0.717, 1.165) is 16.8 Å². The molecule has 0 spiro atoms. The average Bonchev–Trinajstić information content (AvgIpc) is 3.52. The molecule has 178 valence electrons. The van der Waals surface area contributed by atoms with E-state index in [2.05, 4.69) is 25.3 Å². The summed E-state index contributed by atoms with van der Waals surface area (Å²) in [4.78, 5) is 32.7. The Bertz CT molecular complexity index is 1360. The lowest BCUT2D eigenvalue weighted by molar-refractivity contribution is 0.0993. The smallest absolute Gasteiger partial charge is 0.241 e. The molecule has 1 saturated heterocycles. The van der Waals surface area contributed by atoms with Gasteiger partial charge in [0.05, 0.1) is 6.10 Å². The molecule has 0 amide bonds. The zero-order valence-corrected chi connectivity index (χ0v) is 19.9. The van der Waals surface area contributed by atoms with E-state index >= 15 is 0 Å². The highest BCUT2D eigenvalue weighted by Crippen LogP contribution is 2.24. The van der Waals surface area contributed by atoms with Crippen LogP contribution in [0.2, 0.25) is 5.02 Å². The minimum Gasteiger partial charge on any atom is -0.391 e. The molecule has 0 unspecified atom stereocenters. The first-order valence-corrected chi connectivity index (χ1v) is 11.6. The quantitative estimate of drug-likeness (QED) is 0.378. The van der Waals surface area contributed by atoms with Gasteiger partial charge in [-0.1, -0.05) is 35.9 Å². The number of Topliss-reactive ketones (excluding diaryl/α,β-unsaturated/α-hetero) is 1. The second-order valence-corrected chi connectivity index (χ2v) is 8.94. The second kappa shape index (κ2) is 9.81. The highest BCUT2D eigenvalue weighted by Gasteiger charge is 2.24. The molecule has 1 atom stereocenters. The molecule has 0 saturated carbocycles. The first kappa shape index (κ1) is 22.9. The van der Waals surface area contributed by atoms with Gasteiger partial charge >= 0.3 is 0 Å². The molecule has 1 fully saturated rings. The molecule has 0 radical (unpaired) electrons. The first-order valence-electron chi connectivity index (χ1n) is 11.3. The third-order valence-electron chi connectivity index (χ3n) is 5.85. The van der Waals surface area contributed by atoms with Gasteiger partial charge in [-0.05, 0) is 42.7 Å². The van der Waals surface area contributed by atoms with Crippen LogP contribution in [0.4, 0.5) is 17.6 Å². The molecule has 5 rings (SSSR count). The largest absolute Gasteiger partial charge is 0.391 e. The summed E-state index contributed by atoms with van der Waals surface area (Å²) in [5, 5.41) is 13.8. The van der Waals surface area contributed by atoms with Gasteiger partial charge in [-0.15, -0.1) is 0 Å². The fourth-order valence-electron chi connectivity index (χ4n) is 3.95. The van der Waals surface area contributed by atoms with E-state index in [1.54, 1.807) is 35.4 Å². The van der Waals surface area contributed by atoms with Gasteiger partial charge in [0.1, 0.15) is 6.33 Å². The van der Waals surface area contributed by atoms with Gasteiger partial charge in [-0.25, -0.2) is 4.98 Å². The normalized spacial score (nSPS) is 15.4. The zero-order valence-electron chi connectivity index (χ0n) is 19.1. The number of aromatic nitrogens is 5. The highest BCUT2D eigenvalue weighted by molar-refractivity contribution is 6.30. The Morgan fingerprint density at radius 3 is 2.77 bits per heavy atom. The summed E-state index contributed by atoms with van der Waals surface area (Å²) in [5.74, 6) is 1.19. The molecule has 1 aliphatic rings. The number of nitrogens with zero attached hydrogens (tertiary/aromatic N) is 6. The molecule has 10 heteroatoms.